The van der Waals surface area contributed by atoms with Crippen molar-refractivity contribution in [2.24, 2.45) is 0 Å². The number of methoxy groups -OCH3 is 1. The van der Waals surface area contributed by atoms with E-state index < -0.39 is 9.84 Å². The molecule has 0 aliphatic heterocycles. The number of amides is 1. The molecule has 0 radical (unpaired) electrons. The number of nitrogens with one attached hydrogen (secondary N) is 1. The van der Waals surface area contributed by atoms with Crippen LogP contribution >= 0.6 is 0 Å². The molecule has 1 aromatic heterocycles. The fraction of sp³-hybridized carbons (Fsp3) is 0.474. The summed E-state index contributed by atoms with van der Waals surface area (Å²) in [5, 5.41) is 6.74. The lowest BCUT2D eigenvalue weighted by atomic mass is 10.1. The summed E-state index contributed by atoms with van der Waals surface area (Å²) in [7, 11) is -2.29. The molecule has 1 aliphatic rings. The van der Waals surface area contributed by atoms with Crippen molar-refractivity contribution in [3.63, 3.8) is 0 Å². The molecule has 1 N–H and O–H groups in total. The van der Waals surface area contributed by atoms with Gasteiger partial charge in [0.1, 0.15) is 10.6 Å². The van der Waals surface area contributed by atoms with Gasteiger partial charge in [-0.05, 0) is 38.0 Å². The molecule has 0 bridgehead atoms. The maximum Gasteiger partial charge on any atom is 0.221 e. The Bertz CT molecular complexity index is 914. The zero-order chi connectivity index (χ0) is 19.4. The van der Waals surface area contributed by atoms with Crippen LogP contribution in [-0.4, -0.2) is 38.4 Å². The zero-order valence-corrected chi connectivity index (χ0v) is 16.3. The SMILES string of the molecule is COc1ccc(-c2cc(C)no2)cc1S(=O)(=O)CCC(=O)NC1CCCC1. The summed E-state index contributed by atoms with van der Waals surface area (Å²) in [4.78, 5) is 12.1. The average molecular weight is 392 g/mol. The Morgan fingerprint density at radius 3 is 2.67 bits per heavy atom. The third kappa shape index (κ3) is 4.68. The second-order valence-corrected chi connectivity index (χ2v) is 8.89. The standard InChI is InChI=1S/C19H24N2O5S/c1-13-11-17(26-21-13)14-7-8-16(25-2)18(12-14)27(23,24)10-9-19(22)20-15-5-3-4-6-15/h7-8,11-12,15H,3-6,9-10H2,1-2H3,(H,20,22). The number of benzene rings is 1. The third-order valence-corrected chi connectivity index (χ3v) is 6.46. The van der Waals surface area contributed by atoms with Gasteiger partial charge in [-0.3, -0.25) is 4.79 Å². The number of aromatic nitrogens is 1. The second kappa shape index (κ2) is 8.12. The number of aryl methyl sites for hydroxylation is 1. The van der Waals surface area contributed by atoms with Crippen LogP contribution in [0.3, 0.4) is 0 Å². The summed E-state index contributed by atoms with van der Waals surface area (Å²) in [5.74, 6) is 0.212. The van der Waals surface area contributed by atoms with Gasteiger partial charge in [0.05, 0.1) is 18.6 Å². The molecule has 7 nitrogen and oxygen atoms in total. The summed E-state index contributed by atoms with van der Waals surface area (Å²) in [6.07, 6.45) is 4.06. The number of carbonyl (C=O) groups excluding carboxylic acids is 1. The van der Waals surface area contributed by atoms with Crippen molar-refractivity contribution >= 4 is 15.7 Å². The molecule has 3 rings (SSSR count). The number of nitrogens with zero attached hydrogens (tertiary/aromatic N) is 1. The summed E-state index contributed by atoms with van der Waals surface area (Å²) in [6, 6.07) is 6.70. The van der Waals surface area contributed by atoms with Gasteiger partial charge < -0.3 is 14.6 Å². The van der Waals surface area contributed by atoms with Crippen LogP contribution in [0.15, 0.2) is 33.7 Å². The highest BCUT2D eigenvalue weighted by Gasteiger charge is 2.24. The van der Waals surface area contributed by atoms with Crippen molar-refractivity contribution in [3.8, 4) is 17.1 Å². The molecule has 1 aliphatic carbocycles. The minimum Gasteiger partial charge on any atom is -0.495 e. The maximum atomic E-state index is 12.8. The quantitative estimate of drug-likeness (QED) is 0.778. The lowest BCUT2D eigenvalue weighted by Crippen LogP contribution is -2.33. The molecular weight excluding hydrogens is 368 g/mol. The fourth-order valence-corrected chi connectivity index (χ4v) is 4.72. The second-order valence-electron chi connectivity index (χ2n) is 6.82. The van der Waals surface area contributed by atoms with E-state index in [0.717, 1.165) is 25.7 Å². The number of carbonyl (C=O) groups is 1. The Morgan fingerprint density at radius 1 is 1.30 bits per heavy atom. The predicted octanol–water partition coefficient (Wildman–Crippen LogP) is 2.88. The van der Waals surface area contributed by atoms with Crippen LogP contribution < -0.4 is 10.1 Å². The molecule has 1 amide bonds. The number of hydrogen-bond acceptors (Lipinski definition) is 6. The molecule has 1 heterocycles. The number of ether oxygens (including phenoxy) is 1. The van der Waals surface area contributed by atoms with Gasteiger partial charge in [-0.2, -0.15) is 0 Å². The first-order valence-corrected chi connectivity index (χ1v) is 10.7. The molecule has 1 aromatic carbocycles. The van der Waals surface area contributed by atoms with E-state index in [2.05, 4.69) is 10.5 Å². The van der Waals surface area contributed by atoms with Crippen LogP contribution in [-0.2, 0) is 14.6 Å². The highest BCUT2D eigenvalue weighted by Crippen LogP contribution is 2.31. The zero-order valence-electron chi connectivity index (χ0n) is 15.5. The normalized spacial score (nSPS) is 15.0. The van der Waals surface area contributed by atoms with Gasteiger partial charge in [-0.1, -0.05) is 18.0 Å². The van der Waals surface area contributed by atoms with Crippen molar-refractivity contribution < 1.29 is 22.5 Å². The van der Waals surface area contributed by atoms with Crippen LogP contribution in [0.25, 0.3) is 11.3 Å². The van der Waals surface area contributed by atoms with Crippen molar-refractivity contribution in [1.29, 1.82) is 0 Å². The summed E-state index contributed by atoms with van der Waals surface area (Å²) >= 11 is 0. The molecule has 1 saturated carbocycles. The van der Waals surface area contributed by atoms with E-state index in [1.807, 2.05) is 0 Å². The monoisotopic (exact) mass is 392 g/mol. The first-order chi connectivity index (χ1) is 12.9. The van der Waals surface area contributed by atoms with Crippen LogP contribution in [0.1, 0.15) is 37.8 Å². The van der Waals surface area contributed by atoms with Crippen molar-refractivity contribution in [2.75, 3.05) is 12.9 Å². The smallest absolute Gasteiger partial charge is 0.221 e. The maximum absolute atomic E-state index is 12.8. The predicted molar refractivity (Wildman–Crippen MR) is 100 cm³/mol. The van der Waals surface area contributed by atoms with Gasteiger partial charge in [0.2, 0.25) is 5.91 Å². The molecule has 0 atom stereocenters. The minimum absolute atomic E-state index is 0.0465. The molecule has 8 heteroatoms. The number of sulfone groups is 1. The first kappa shape index (κ1) is 19.4. The van der Waals surface area contributed by atoms with Crippen LogP contribution in [0.5, 0.6) is 5.75 Å². The Morgan fingerprint density at radius 2 is 2.04 bits per heavy atom. The van der Waals surface area contributed by atoms with Gasteiger partial charge >= 0.3 is 0 Å². The molecule has 1 fully saturated rings. The van der Waals surface area contributed by atoms with Crippen molar-refractivity contribution in [2.45, 2.75) is 50.0 Å². The minimum atomic E-state index is -3.70. The first-order valence-electron chi connectivity index (χ1n) is 9.03. The van der Waals surface area contributed by atoms with E-state index in [4.69, 9.17) is 9.26 Å². The third-order valence-electron chi connectivity index (χ3n) is 4.73. The Balaban J connectivity index is 1.76. The molecule has 0 unspecified atom stereocenters. The molecule has 0 spiro atoms. The molecule has 0 saturated heterocycles. The van der Waals surface area contributed by atoms with Gasteiger partial charge in [-0.25, -0.2) is 8.42 Å². The lowest BCUT2D eigenvalue weighted by molar-refractivity contribution is -0.121. The molecule has 2 aromatic rings. The Labute approximate surface area is 159 Å². The highest BCUT2D eigenvalue weighted by atomic mass is 32.2. The van der Waals surface area contributed by atoms with E-state index >= 15 is 0 Å². The van der Waals surface area contributed by atoms with Gasteiger partial charge in [0, 0.05) is 24.1 Å². The van der Waals surface area contributed by atoms with Gasteiger partial charge in [0.25, 0.3) is 0 Å². The van der Waals surface area contributed by atoms with E-state index in [0.29, 0.717) is 17.0 Å². The van der Waals surface area contributed by atoms with Crippen molar-refractivity contribution in [3.05, 3.63) is 30.0 Å². The molecular formula is C19H24N2O5S. The topological polar surface area (TPSA) is 98.5 Å². The van der Waals surface area contributed by atoms with Crippen LogP contribution in [0, 0.1) is 6.92 Å². The summed E-state index contributed by atoms with van der Waals surface area (Å²) in [6.45, 7) is 1.79. The summed E-state index contributed by atoms with van der Waals surface area (Å²) in [5.41, 5.74) is 1.29. The van der Waals surface area contributed by atoms with Crippen molar-refractivity contribution in [1.82, 2.24) is 10.5 Å². The van der Waals surface area contributed by atoms with Gasteiger partial charge in [-0.15, -0.1) is 0 Å². The fourth-order valence-electron chi connectivity index (χ4n) is 3.28. The van der Waals surface area contributed by atoms with Gasteiger partial charge in [0.15, 0.2) is 15.6 Å². The molecule has 27 heavy (non-hydrogen) atoms. The molecule has 146 valence electrons. The Hall–Kier alpha value is -2.35. The lowest BCUT2D eigenvalue weighted by Gasteiger charge is -2.13. The number of rotatable bonds is 7. The van der Waals surface area contributed by atoms with E-state index in [1.165, 1.54) is 13.2 Å². The summed E-state index contributed by atoms with van der Waals surface area (Å²) < 4.78 is 36.1. The van der Waals surface area contributed by atoms with E-state index in [9.17, 15) is 13.2 Å². The highest BCUT2D eigenvalue weighted by molar-refractivity contribution is 7.91. The van der Waals surface area contributed by atoms with Crippen LogP contribution in [0.4, 0.5) is 0 Å². The van der Waals surface area contributed by atoms with E-state index in [1.54, 1.807) is 25.1 Å². The average Bonchev–Trinajstić information content (AvgIpc) is 3.31. The Kier molecular flexibility index (Phi) is 5.84. The van der Waals surface area contributed by atoms with Crippen LogP contribution in [0.2, 0.25) is 0 Å². The largest absolute Gasteiger partial charge is 0.495 e. The number of hydrogen-bond donors (Lipinski definition) is 1. The van der Waals surface area contributed by atoms with E-state index in [-0.39, 0.29) is 34.8 Å².